The van der Waals surface area contributed by atoms with Crippen LogP contribution in [0.25, 0.3) is 0 Å². The second kappa shape index (κ2) is 5.49. The maximum Gasteiger partial charge on any atom is 0.146 e. The summed E-state index contributed by atoms with van der Waals surface area (Å²) < 4.78 is 14.2. The maximum absolute atomic E-state index is 14.2. The van der Waals surface area contributed by atoms with Crippen LogP contribution in [-0.4, -0.2) is 17.7 Å². The SMILES string of the molecule is OCc1cccc(F)c1N1CCCC2CCCCC21. The number of hydrogen-bond donors (Lipinski definition) is 1. The van der Waals surface area contributed by atoms with Crippen LogP contribution in [0.15, 0.2) is 18.2 Å². The Balaban J connectivity index is 1.96. The maximum atomic E-state index is 14.2. The Morgan fingerprint density at radius 3 is 2.79 bits per heavy atom. The van der Waals surface area contributed by atoms with Gasteiger partial charge in [-0.1, -0.05) is 25.0 Å². The van der Waals surface area contributed by atoms with Crippen molar-refractivity contribution in [3.05, 3.63) is 29.6 Å². The van der Waals surface area contributed by atoms with Gasteiger partial charge in [-0.3, -0.25) is 0 Å². The highest BCUT2D eigenvalue weighted by atomic mass is 19.1. The van der Waals surface area contributed by atoms with Crippen molar-refractivity contribution >= 4 is 5.69 Å². The fourth-order valence-corrected chi connectivity index (χ4v) is 3.91. The highest BCUT2D eigenvalue weighted by Gasteiger charge is 2.35. The molecule has 1 aliphatic carbocycles. The standard InChI is InChI=1S/C16H22FNO/c17-14-8-3-6-13(11-19)16(14)18-10-4-7-12-5-1-2-9-15(12)18/h3,6,8,12,15,19H,1-2,4-5,7,9-11H2. The molecule has 0 amide bonds. The largest absolute Gasteiger partial charge is 0.392 e. The Hall–Kier alpha value is -1.09. The van der Waals surface area contributed by atoms with E-state index in [2.05, 4.69) is 4.90 Å². The number of aliphatic hydroxyl groups is 1. The predicted molar refractivity (Wildman–Crippen MR) is 74.6 cm³/mol. The molecular weight excluding hydrogens is 241 g/mol. The van der Waals surface area contributed by atoms with E-state index < -0.39 is 0 Å². The average molecular weight is 263 g/mol. The second-order valence-electron chi connectivity index (χ2n) is 5.85. The molecule has 0 bridgehead atoms. The van der Waals surface area contributed by atoms with Crippen LogP contribution in [0.1, 0.15) is 44.1 Å². The van der Waals surface area contributed by atoms with Crippen LogP contribution in [0, 0.1) is 11.7 Å². The van der Waals surface area contributed by atoms with Gasteiger partial charge in [0.05, 0.1) is 12.3 Å². The Morgan fingerprint density at radius 2 is 1.95 bits per heavy atom. The molecular formula is C16H22FNO. The number of para-hydroxylation sites is 1. The van der Waals surface area contributed by atoms with Gasteiger partial charge in [0, 0.05) is 18.2 Å². The minimum atomic E-state index is -0.183. The van der Waals surface area contributed by atoms with Gasteiger partial charge in [0.25, 0.3) is 0 Å². The third-order valence-corrected chi connectivity index (χ3v) is 4.77. The molecule has 1 heterocycles. The Bertz CT molecular complexity index is 446. The number of rotatable bonds is 2. The summed E-state index contributed by atoms with van der Waals surface area (Å²) in [5, 5.41) is 9.48. The molecule has 19 heavy (non-hydrogen) atoms. The van der Waals surface area contributed by atoms with E-state index in [4.69, 9.17) is 0 Å². The molecule has 2 aliphatic rings. The van der Waals surface area contributed by atoms with Gasteiger partial charge in [0.1, 0.15) is 5.82 Å². The monoisotopic (exact) mass is 263 g/mol. The van der Waals surface area contributed by atoms with Gasteiger partial charge in [-0.15, -0.1) is 0 Å². The Kier molecular flexibility index (Phi) is 3.74. The summed E-state index contributed by atoms with van der Waals surface area (Å²) in [6.45, 7) is 0.843. The van der Waals surface area contributed by atoms with Crippen molar-refractivity contribution in [3.63, 3.8) is 0 Å². The number of benzene rings is 1. The van der Waals surface area contributed by atoms with Crippen LogP contribution in [0.5, 0.6) is 0 Å². The molecule has 2 unspecified atom stereocenters. The average Bonchev–Trinajstić information content (AvgIpc) is 2.46. The fraction of sp³-hybridized carbons (Fsp3) is 0.625. The Morgan fingerprint density at radius 1 is 1.16 bits per heavy atom. The molecule has 104 valence electrons. The van der Waals surface area contributed by atoms with E-state index in [1.54, 1.807) is 6.07 Å². The number of halogens is 1. The fourth-order valence-electron chi connectivity index (χ4n) is 3.91. The van der Waals surface area contributed by atoms with Crippen molar-refractivity contribution in [3.8, 4) is 0 Å². The molecule has 0 spiro atoms. The molecule has 2 nitrogen and oxygen atoms in total. The summed E-state index contributed by atoms with van der Waals surface area (Å²) in [4.78, 5) is 2.24. The van der Waals surface area contributed by atoms with Crippen molar-refractivity contribution in [1.82, 2.24) is 0 Å². The van der Waals surface area contributed by atoms with Crippen LogP contribution in [-0.2, 0) is 6.61 Å². The zero-order valence-corrected chi connectivity index (χ0v) is 11.3. The third-order valence-electron chi connectivity index (χ3n) is 4.77. The van der Waals surface area contributed by atoms with Crippen molar-refractivity contribution < 1.29 is 9.50 Å². The van der Waals surface area contributed by atoms with E-state index in [1.807, 2.05) is 6.07 Å². The Labute approximate surface area is 114 Å². The zero-order valence-electron chi connectivity index (χ0n) is 11.3. The molecule has 2 atom stereocenters. The first-order valence-corrected chi connectivity index (χ1v) is 7.46. The molecule has 1 aliphatic heterocycles. The lowest BCUT2D eigenvalue weighted by molar-refractivity contribution is 0.239. The van der Waals surface area contributed by atoms with E-state index in [-0.39, 0.29) is 12.4 Å². The van der Waals surface area contributed by atoms with Gasteiger partial charge in [0.2, 0.25) is 0 Å². The first-order valence-electron chi connectivity index (χ1n) is 7.46. The molecule has 1 saturated heterocycles. The number of aliphatic hydroxyl groups excluding tert-OH is 1. The molecule has 0 radical (unpaired) electrons. The molecule has 2 fully saturated rings. The zero-order chi connectivity index (χ0) is 13.2. The lowest BCUT2D eigenvalue weighted by Gasteiger charge is -2.46. The number of hydrogen-bond acceptors (Lipinski definition) is 2. The molecule has 3 rings (SSSR count). The lowest BCUT2D eigenvalue weighted by Crippen LogP contribution is -2.47. The summed E-state index contributed by atoms with van der Waals surface area (Å²) in [5.41, 5.74) is 1.38. The van der Waals surface area contributed by atoms with Gasteiger partial charge in [-0.05, 0) is 37.7 Å². The van der Waals surface area contributed by atoms with Gasteiger partial charge in [-0.2, -0.15) is 0 Å². The van der Waals surface area contributed by atoms with Crippen LogP contribution in [0.2, 0.25) is 0 Å². The van der Waals surface area contributed by atoms with E-state index in [1.165, 1.54) is 38.2 Å². The summed E-state index contributed by atoms with van der Waals surface area (Å²) in [6.07, 6.45) is 7.44. The first-order chi connectivity index (χ1) is 9.31. The quantitative estimate of drug-likeness (QED) is 0.883. The summed E-state index contributed by atoms with van der Waals surface area (Å²) in [5.74, 6) is 0.534. The van der Waals surface area contributed by atoms with E-state index in [0.29, 0.717) is 17.6 Å². The molecule has 1 aromatic rings. The summed E-state index contributed by atoms with van der Waals surface area (Å²) >= 11 is 0. The third kappa shape index (κ3) is 2.36. The first kappa shape index (κ1) is 12.9. The van der Waals surface area contributed by atoms with Crippen LogP contribution < -0.4 is 4.90 Å². The smallest absolute Gasteiger partial charge is 0.146 e. The van der Waals surface area contributed by atoms with Crippen molar-refractivity contribution in [2.75, 3.05) is 11.4 Å². The van der Waals surface area contributed by atoms with E-state index in [9.17, 15) is 9.50 Å². The van der Waals surface area contributed by atoms with Crippen molar-refractivity contribution in [2.45, 2.75) is 51.2 Å². The number of fused-ring (bicyclic) bond motifs is 1. The predicted octanol–water partition coefficient (Wildman–Crippen LogP) is 3.48. The van der Waals surface area contributed by atoms with Gasteiger partial charge in [-0.25, -0.2) is 4.39 Å². The van der Waals surface area contributed by atoms with E-state index in [0.717, 1.165) is 18.5 Å². The van der Waals surface area contributed by atoms with Gasteiger partial charge < -0.3 is 10.0 Å². The number of nitrogens with zero attached hydrogens (tertiary/aromatic N) is 1. The topological polar surface area (TPSA) is 23.5 Å². The number of piperidine rings is 1. The minimum Gasteiger partial charge on any atom is -0.392 e. The molecule has 1 N–H and O–H groups in total. The second-order valence-corrected chi connectivity index (χ2v) is 5.85. The molecule has 1 saturated carbocycles. The van der Waals surface area contributed by atoms with Gasteiger partial charge in [0.15, 0.2) is 0 Å². The summed E-state index contributed by atoms with van der Waals surface area (Å²) in [6, 6.07) is 5.52. The summed E-state index contributed by atoms with van der Waals surface area (Å²) in [7, 11) is 0. The lowest BCUT2D eigenvalue weighted by atomic mass is 9.78. The van der Waals surface area contributed by atoms with Crippen molar-refractivity contribution in [2.24, 2.45) is 5.92 Å². The van der Waals surface area contributed by atoms with Crippen LogP contribution in [0.4, 0.5) is 10.1 Å². The van der Waals surface area contributed by atoms with Crippen LogP contribution in [0.3, 0.4) is 0 Å². The van der Waals surface area contributed by atoms with Gasteiger partial charge >= 0.3 is 0 Å². The normalized spacial score (nSPS) is 27.2. The molecule has 1 aromatic carbocycles. The molecule has 3 heteroatoms. The molecule has 0 aromatic heterocycles. The number of anilines is 1. The highest BCUT2D eigenvalue weighted by Crippen LogP contribution is 2.39. The van der Waals surface area contributed by atoms with Crippen LogP contribution >= 0.6 is 0 Å². The van der Waals surface area contributed by atoms with E-state index >= 15 is 0 Å². The minimum absolute atomic E-state index is 0.0824. The van der Waals surface area contributed by atoms with Crippen molar-refractivity contribution in [1.29, 1.82) is 0 Å². The highest BCUT2D eigenvalue weighted by molar-refractivity contribution is 5.56.